The van der Waals surface area contributed by atoms with Gasteiger partial charge >= 0.3 is 5.97 Å². The summed E-state index contributed by atoms with van der Waals surface area (Å²) in [6, 6.07) is 5.62. The van der Waals surface area contributed by atoms with Crippen LogP contribution in [0.5, 0.6) is 0 Å². The highest BCUT2D eigenvalue weighted by atomic mass is 127. The lowest BCUT2D eigenvalue weighted by molar-refractivity contribution is 0.0702. The van der Waals surface area contributed by atoms with Crippen molar-refractivity contribution in [1.29, 1.82) is 0 Å². The molecule has 0 aliphatic carbocycles. The fourth-order valence-electron chi connectivity index (χ4n) is 1.16. The van der Waals surface area contributed by atoms with Crippen LogP contribution in [0.25, 0.3) is 10.1 Å². The molecule has 0 saturated heterocycles. The van der Waals surface area contributed by atoms with E-state index >= 15 is 0 Å². The van der Waals surface area contributed by atoms with Gasteiger partial charge in [0.05, 0.1) is 4.70 Å². The van der Waals surface area contributed by atoms with Crippen molar-refractivity contribution in [3.63, 3.8) is 0 Å². The van der Waals surface area contributed by atoms with Crippen LogP contribution in [0.4, 0.5) is 0 Å². The maximum Gasteiger partial charge on any atom is 0.345 e. The topological polar surface area (TPSA) is 37.3 Å². The summed E-state index contributed by atoms with van der Waals surface area (Å²) >= 11 is 6.91. The Balaban J connectivity index is 2.82. The van der Waals surface area contributed by atoms with Gasteiger partial charge in [0, 0.05) is 13.4 Å². The molecule has 0 bridgehead atoms. The van der Waals surface area contributed by atoms with Gasteiger partial charge in [0.2, 0.25) is 0 Å². The zero-order valence-corrected chi connectivity index (χ0v) is 11.3. The molecule has 1 heterocycles. The Labute approximate surface area is 106 Å². The van der Waals surface area contributed by atoms with Crippen molar-refractivity contribution in [3.8, 4) is 0 Å². The fourth-order valence-corrected chi connectivity index (χ4v) is 3.47. The second-order valence-electron chi connectivity index (χ2n) is 2.69. The number of carboxylic acid groups (broad SMARTS) is 1. The van der Waals surface area contributed by atoms with Crippen molar-refractivity contribution >= 4 is 65.9 Å². The first-order chi connectivity index (χ1) is 6.59. The van der Waals surface area contributed by atoms with Crippen LogP contribution in [0.2, 0.25) is 0 Å². The molecule has 1 aromatic carbocycles. The zero-order valence-electron chi connectivity index (χ0n) is 6.75. The zero-order chi connectivity index (χ0) is 10.3. The van der Waals surface area contributed by atoms with E-state index in [1.165, 1.54) is 11.3 Å². The van der Waals surface area contributed by atoms with Crippen LogP contribution in [-0.4, -0.2) is 11.1 Å². The van der Waals surface area contributed by atoms with E-state index in [4.69, 9.17) is 5.11 Å². The number of hydrogen-bond donors (Lipinski definition) is 1. The van der Waals surface area contributed by atoms with E-state index < -0.39 is 5.97 Å². The molecule has 0 aliphatic rings. The molecule has 2 aromatic rings. The molecule has 1 aromatic heterocycles. The standard InChI is InChI=1S/C9H4BrIO2S/c10-5-1-2-6(11)4-3-7(9(12)13)14-8(4)5/h1-3H,(H,12,13). The van der Waals surface area contributed by atoms with E-state index in [2.05, 4.69) is 38.5 Å². The number of thiophene rings is 1. The van der Waals surface area contributed by atoms with Crippen LogP contribution in [0, 0.1) is 3.57 Å². The highest BCUT2D eigenvalue weighted by molar-refractivity contribution is 14.1. The van der Waals surface area contributed by atoms with Gasteiger partial charge in [-0.05, 0) is 56.7 Å². The van der Waals surface area contributed by atoms with E-state index in [0.717, 1.165) is 18.1 Å². The molecule has 2 nitrogen and oxygen atoms in total. The minimum atomic E-state index is -0.867. The van der Waals surface area contributed by atoms with Crippen LogP contribution in [0.3, 0.4) is 0 Å². The number of carboxylic acids is 1. The number of rotatable bonds is 1. The molecule has 72 valence electrons. The molecule has 0 spiro atoms. The van der Waals surface area contributed by atoms with Crippen molar-refractivity contribution < 1.29 is 9.90 Å². The fraction of sp³-hybridized carbons (Fsp3) is 0. The van der Waals surface area contributed by atoms with Gasteiger partial charge < -0.3 is 5.11 Å². The highest BCUT2D eigenvalue weighted by Crippen LogP contribution is 2.34. The summed E-state index contributed by atoms with van der Waals surface area (Å²) in [5, 5.41) is 9.86. The van der Waals surface area contributed by atoms with Gasteiger partial charge in [0.1, 0.15) is 4.88 Å². The van der Waals surface area contributed by atoms with Crippen molar-refractivity contribution in [2.24, 2.45) is 0 Å². The molecule has 0 unspecified atom stereocenters. The second-order valence-corrected chi connectivity index (χ2v) is 5.76. The van der Waals surface area contributed by atoms with Gasteiger partial charge in [-0.2, -0.15) is 0 Å². The van der Waals surface area contributed by atoms with Gasteiger partial charge in [0.25, 0.3) is 0 Å². The van der Waals surface area contributed by atoms with Crippen molar-refractivity contribution in [1.82, 2.24) is 0 Å². The summed E-state index contributed by atoms with van der Waals surface area (Å²) in [4.78, 5) is 11.2. The lowest BCUT2D eigenvalue weighted by Gasteiger charge is -1.94. The van der Waals surface area contributed by atoms with Crippen LogP contribution < -0.4 is 0 Å². The summed E-state index contributed by atoms with van der Waals surface area (Å²) in [6.45, 7) is 0. The number of halogens is 2. The summed E-state index contributed by atoms with van der Waals surface area (Å²) in [5.41, 5.74) is 0. The molecule has 0 aliphatic heterocycles. The Morgan fingerprint density at radius 1 is 1.50 bits per heavy atom. The maximum absolute atomic E-state index is 10.8. The van der Waals surface area contributed by atoms with Gasteiger partial charge in [-0.3, -0.25) is 0 Å². The molecule has 5 heteroatoms. The van der Waals surface area contributed by atoms with Crippen molar-refractivity contribution in [3.05, 3.63) is 31.1 Å². The summed E-state index contributed by atoms with van der Waals surface area (Å²) < 4.78 is 3.02. The lowest BCUT2D eigenvalue weighted by Crippen LogP contribution is -1.89. The number of fused-ring (bicyclic) bond motifs is 1. The molecular formula is C9H4BrIO2S. The SMILES string of the molecule is O=C(O)c1cc2c(I)ccc(Br)c2s1. The van der Waals surface area contributed by atoms with Gasteiger partial charge in [-0.25, -0.2) is 4.79 Å². The third-order valence-electron chi connectivity index (χ3n) is 1.79. The largest absolute Gasteiger partial charge is 0.477 e. The molecule has 0 saturated carbocycles. The van der Waals surface area contributed by atoms with Crippen molar-refractivity contribution in [2.45, 2.75) is 0 Å². The first kappa shape index (κ1) is 10.4. The molecule has 0 fully saturated rings. The smallest absolute Gasteiger partial charge is 0.345 e. The normalized spacial score (nSPS) is 10.7. The predicted molar refractivity (Wildman–Crippen MR) is 69.2 cm³/mol. The summed E-state index contributed by atoms with van der Waals surface area (Å²) in [7, 11) is 0. The van der Waals surface area contributed by atoms with E-state index in [0.29, 0.717) is 4.88 Å². The number of carbonyl (C=O) groups is 1. The predicted octanol–water partition coefficient (Wildman–Crippen LogP) is 3.97. The Kier molecular flexibility index (Phi) is 2.81. The summed E-state index contributed by atoms with van der Waals surface area (Å²) in [5.74, 6) is -0.867. The Morgan fingerprint density at radius 3 is 2.79 bits per heavy atom. The molecular weight excluding hydrogens is 379 g/mol. The molecule has 1 N–H and O–H groups in total. The van der Waals surface area contributed by atoms with E-state index in [1.807, 2.05) is 12.1 Å². The minimum absolute atomic E-state index is 0.379. The summed E-state index contributed by atoms with van der Waals surface area (Å²) in [6.07, 6.45) is 0. The van der Waals surface area contributed by atoms with Gasteiger partial charge in [-0.1, -0.05) is 0 Å². The first-order valence-electron chi connectivity index (χ1n) is 3.70. The van der Waals surface area contributed by atoms with Crippen LogP contribution in [0.15, 0.2) is 22.7 Å². The van der Waals surface area contributed by atoms with Gasteiger partial charge in [0.15, 0.2) is 0 Å². The molecule has 0 atom stereocenters. The minimum Gasteiger partial charge on any atom is -0.477 e. The Bertz CT molecular complexity index is 482. The van der Waals surface area contributed by atoms with Gasteiger partial charge in [-0.15, -0.1) is 11.3 Å². The average molecular weight is 383 g/mol. The lowest BCUT2D eigenvalue weighted by atomic mass is 10.2. The van der Waals surface area contributed by atoms with E-state index in [1.54, 1.807) is 6.07 Å². The third kappa shape index (κ3) is 1.68. The van der Waals surface area contributed by atoms with E-state index in [-0.39, 0.29) is 0 Å². The Hall–Kier alpha value is -0.140. The number of hydrogen-bond acceptors (Lipinski definition) is 2. The molecule has 2 rings (SSSR count). The quantitative estimate of drug-likeness (QED) is 0.758. The monoisotopic (exact) mass is 382 g/mol. The maximum atomic E-state index is 10.8. The van der Waals surface area contributed by atoms with Crippen LogP contribution in [0.1, 0.15) is 9.67 Å². The molecule has 0 radical (unpaired) electrons. The molecule has 14 heavy (non-hydrogen) atoms. The average Bonchev–Trinajstić information content (AvgIpc) is 2.57. The second kappa shape index (κ2) is 3.79. The van der Waals surface area contributed by atoms with Crippen molar-refractivity contribution in [2.75, 3.05) is 0 Å². The van der Waals surface area contributed by atoms with Crippen LogP contribution in [-0.2, 0) is 0 Å². The number of benzene rings is 1. The third-order valence-corrected chi connectivity index (χ3v) is 4.81. The Morgan fingerprint density at radius 2 is 2.21 bits per heavy atom. The van der Waals surface area contributed by atoms with E-state index in [9.17, 15) is 4.79 Å². The highest BCUT2D eigenvalue weighted by Gasteiger charge is 2.12. The number of aromatic carboxylic acids is 1. The van der Waals surface area contributed by atoms with Crippen LogP contribution >= 0.6 is 49.9 Å². The first-order valence-corrected chi connectivity index (χ1v) is 6.39. The molecule has 0 amide bonds.